The molecule has 2 rings (SSSR count). The van der Waals surface area contributed by atoms with Gasteiger partial charge in [-0.1, -0.05) is 37.3 Å². The van der Waals surface area contributed by atoms with Gasteiger partial charge in [-0.3, -0.25) is 4.79 Å². The highest BCUT2D eigenvalue weighted by Gasteiger charge is 2.23. The Balaban J connectivity index is 1.85. The van der Waals surface area contributed by atoms with E-state index >= 15 is 0 Å². The monoisotopic (exact) mass is 203 g/mol. The van der Waals surface area contributed by atoms with E-state index in [2.05, 4.69) is 24.4 Å². The third kappa shape index (κ3) is 3.08. The molecule has 0 unspecified atom stereocenters. The summed E-state index contributed by atoms with van der Waals surface area (Å²) in [6.45, 7) is 2.10. The van der Waals surface area contributed by atoms with E-state index in [0.29, 0.717) is 18.4 Å². The highest BCUT2D eigenvalue weighted by Crippen LogP contribution is 2.21. The first-order valence-corrected chi connectivity index (χ1v) is 5.60. The van der Waals surface area contributed by atoms with Crippen molar-refractivity contribution < 1.29 is 4.79 Å². The summed E-state index contributed by atoms with van der Waals surface area (Å²) in [7, 11) is 0. The predicted molar refractivity (Wildman–Crippen MR) is 60.6 cm³/mol. The number of amides is 1. The second-order valence-electron chi connectivity index (χ2n) is 4.36. The number of carbonyl (C=O) groups is 1. The first-order valence-electron chi connectivity index (χ1n) is 5.60. The normalized spacial score (nSPS) is 17.1. The second-order valence-corrected chi connectivity index (χ2v) is 4.36. The molecule has 1 aromatic rings. The standard InChI is InChI=1S/C13H17NO/c1-10(11-5-3-2-4-6-11)9-13(15)14-12-7-8-12/h2-6,10,12H,7-9H2,1H3,(H,14,15)/t10-/m1/s1. The van der Waals surface area contributed by atoms with Crippen molar-refractivity contribution in [1.82, 2.24) is 5.32 Å². The van der Waals surface area contributed by atoms with Crippen molar-refractivity contribution in [3.63, 3.8) is 0 Å². The van der Waals surface area contributed by atoms with E-state index in [9.17, 15) is 4.79 Å². The SMILES string of the molecule is C[C@H](CC(=O)NC1CC1)c1ccccc1. The van der Waals surface area contributed by atoms with Crippen molar-refractivity contribution in [2.75, 3.05) is 0 Å². The Bertz CT molecular complexity index is 330. The van der Waals surface area contributed by atoms with Gasteiger partial charge in [0.25, 0.3) is 0 Å². The third-order valence-electron chi connectivity index (χ3n) is 2.80. The molecule has 0 spiro atoms. The predicted octanol–water partition coefficient (Wildman–Crippen LogP) is 2.46. The lowest BCUT2D eigenvalue weighted by Gasteiger charge is -2.11. The van der Waals surface area contributed by atoms with Gasteiger partial charge in [-0.2, -0.15) is 0 Å². The van der Waals surface area contributed by atoms with Crippen LogP contribution in [-0.4, -0.2) is 11.9 Å². The molecule has 0 aliphatic heterocycles. The minimum Gasteiger partial charge on any atom is -0.353 e. The van der Waals surface area contributed by atoms with E-state index in [-0.39, 0.29) is 5.91 Å². The summed E-state index contributed by atoms with van der Waals surface area (Å²) in [4.78, 5) is 11.6. The molecule has 1 amide bonds. The Morgan fingerprint density at radius 2 is 2.07 bits per heavy atom. The Hall–Kier alpha value is -1.31. The molecule has 0 saturated heterocycles. The average molecular weight is 203 g/mol. The average Bonchev–Trinajstić information content (AvgIpc) is 3.03. The topological polar surface area (TPSA) is 29.1 Å². The van der Waals surface area contributed by atoms with Gasteiger partial charge in [-0.05, 0) is 24.3 Å². The van der Waals surface area contributed by atoms with Crippen molar-refractivity contribution in [3.05, 3.63) is 35.9 Å². The van der Waals surface area contributed by atoms with Gasteiger partial charge in [0, 0.05) is 12.5 Å². The first-order chi connectivity index (χ1) is 7.25. The largest absolute Gasteiger partial charge is 0.353 e. The Morgan fingerprint density at radius 1 is 1.40 bits per heavy atom. The molecule has 1 aliphatic carbocycles. The van der Waals surface area contributed by atoms with Crippen molar-refractivity contribution in [3.8, 4) is 0 Å². The van der Waals surface area contributed by atoms with Crippen LogP contribution in [0.1, 0.15) is 37.7 Å². The van der Waals surface area contributed by atoms with Crippen LogP contribution in [0, 0.1) is 0 Å². The number of benzene rings is 1. The maximum absolute atomic E-state index is 11.6. The van der Waals surface area contributed by atoms with Gasteiger partial charge >= 0.3 is 0 Å². The molecule has 2 heteroatoms. The quantitative estimate of drug-likeness (QED) is 0.800. The molecule has 1 saturated carbocycles. The van der Waals surface area contributed by atoms with E-state index in [0.717, 1.165) is 12.8 Å². The minimum absolute atomic E-state index is 0.189. The summed E-state index contributed by atoms with van der Waals surface area (Å²) in [5.41, 5.74) is 1.24. The van der Waals surface area contributed by atoms with Gasteiger partial charge < -0.3 is 5.32 Å². The van der Waals surface area contributed by atoms with Crippen LogP contribution in [0.5, 0.6) is 0 Å². The summed E-state index contributed by atoms with van der Waals surface area (Å²) < 4.78 is 0. The summed E-state index contributed by atoms with van der Waals surface area (Å²) >= 11 is 0. The Kier molecular flexibility index (Phi) is 3.05. The van der Waals surface area contributed by atoms with Gasteiger partial charge in [-0.25, -0.2) is 0 Å². The van der Waals surface area contributed by atoms with E-state index in [1.807, 2.05) is 18.2 Å². The number of nitrogens with one attached hydrogen (secondary N) is 1. The number of carbonyl (C=O) groups excluding carboxylic acids is 1. The van der Waals surface area contributed by atoms with E-state index < -0.39 is 0 Å². The summed E-state index contributed by atoms with van der Waals surface area (Å²) in [6.07, 6.45) is 2.91. The van der Waals surface area contributed by atoms with Crippen LogP contribution in [0.3, 0.4) is 0 Å². The number of hydrogen-bond donors (Lipinski definition) is 1. The Morgan fingerprint density at radius 3 is 2.67 bits per heavy atom. The maximum atomic E-state index is 11.6. The zero-order valence-corrected chi connectivity index (χ0v) is 9.07. The molecule has 15 heavy (non-hydrogen) atoms. The number of rotatable bonds is 4. The van der Waals surface area contributed by atoms with Crippen LogP contribution < -0.4 is 5.32 Å². The highest BCUT2D eigenvalue weighted by atomic mass is 16.1. The molecule has 1 aromatic carbocycles. The molecular weight excluding hydrogens is 186 g/mol. The van der Waals surface area contributed by atoms with E-state index in [4.69, 9.17) is 0 Å². The van der Waals surface area contributed by atoms with Gasteiger partial charge in [0.05, 0.1) is 0 Å². The molecular formula is C13H17NO. The van der Waals surface area contributed by atoms with Crippen LogP contribution in [0.2, 0.25) is 0 Å². The second kappa shape index (κ2) is 4.47. The fraction of sp³-hybridized carbons (Fsp3) is 0.462. The molecule has 1 aliphatic rings. The van der Waals surface area contributed by atoms with E-state index in [1.54, 1.807) is 0 Å². The van der Waals surface area contributed by atoms with Gasteiger partial charge in [-0.15, -0.1) is 0 Å². The molecule has 1 N–H and O–H groups in total. The minimum atomic E-state index is 0.189. The summed E-state index contributed by atoms with van der Waals surface area (Å²) in [6, 6.07) is 10.7. The molecule has 0 bridgehead atoms. The number of hydrogen-bond acceptors (Lipinski definition) is 1. The van der Waals surface area contributed by atoms with Gasteiger partial charge in [0.1, 0.15) is 0 Å². The van der Waals surface area contributed by atoms with Crippen LogP contribution in [-0.2, 0) is 4.79 Å². The zero-order valence-electron chi connectivity index (χ0n) is 9.07. The molecule has 0 heterocycles. The van der Waals surface area contributed by atoms with E-state index in [1.165, 1.54) is 5.56 Å². The molecule has 1 fully saturated rings. The van der Waals surface area contributed by atoms with Crippen LogP contribution in [0.25, 0.3) is 0 Å². The zero-order chi connectivity index (χ0) is 10.7. The third-order valence-corrected chi connectivity index (χ3v) is 2.80. The van der Waals surface area contributed by atoms with Gasteiger partial charge in [0.2, 0.25) is 5.91 Å². The van der Waals surface area contributed by atoms with Crippen molar-refractivity contribution in [2.45, 2.75) is 38.1 Å². The van der Waals surface area contributed by atoms with Crippen LogP contribution >= 0.6 is 0 Å². The summed E-state index contributed by atoms with van der Waals surface area (Å²) in [5.74, 6) is 0.499. The maximum Gasteiger partial charge on any atom is 0.220 e. The molecule has 2 nitrogen and oxygen atoms in total. The van der Waals surface area contributed by atoms with Crippen molar-refractivity contribution >= 4 is 5.91 Å². The summed E-state index contributed by atoms with van der Waals surface area (Å²) in [5, 5.41) is 3.02. The van der Waals surface area contributed by atoms with Crippen LogP contribution in [0.15, 0.2) is 30.3 Å². The fourth-order valence-corrected chi connectivity index (χ4v) is 1.69. The van der Waals surface area contributed by atoms with Crippen LogP contribution in [0.4, 0.5) is 0 Å². The van der Waals surface area contributed by atoms with Crippen molar-refractivity contribution in [1.29, 1.82) is 0 Å². The Labute approximate surface area is 90.7 Å². The lowest BCUT2D eigenvalue weighted by molar-refractivity contribution is -0.121. The fourth-order valence-electron chi connectivity index (χ4n) is 1.69. The van der Waals surface area contributed by atoms with Gasteiger partial charge in [0.15, 0.2) is 0 Å². The van der Waals surface area contributed by atoms with Crippen molar-refractivity contribution in [2.24, 2.45) is 0 Å². The molecule has 0 radical (unpaired) electrons. The first kappa shape index (κ1) is 10.2. The lowest BCUT2D eigenvalue weighted by atomic mass is 9.98. The lowest BCUT2D eigenvalue weighted by Crippen LogP contribution is -2.26. The smallest absolute Gasteiger partial charge is 0.220 e. The molecule has 1 atom stereocenters. The highest BCUT2D eigenvalue weighted by molar-refractivity contribution is 5.77. The molecule has 80 valence electrons. The molecule has 0 aromatic heterocycles.